The van der Waals surface area contributed by atoms with E-state index in [-0.39, 0.29) is 0 Å². The van der Waals surface area contributed by atoms with Gasteiger partial charge in [-0.1, -0.05) is 20.8 Å². The van der Waals surface area contributed by atoms with Crippen LogP contribution in [0.5, 0.6) is 0 Å². The van der Waals surface area contributed by atoms with E-state index in [0.29, 0.717) is 18.2 Å². The zero-order chi connectivity index (χ0) is 13.5. The molecule has 0 aromatic rings. The molecule has 1 aliphatic rings. The second kappa shape index (κ2) is 7.78. The summed E-state index contributed by atoms with van der Waals surface area (Å²) in [6.45, 7) is 9.42. The molecule has 106 valence electrons. The summed E-state index contributed by atoms with van der Waals surface area (Å²) in [6, 6.07) is 0. The molecule has 1 atom stereocenters. The Balaban J connectivity index is 2.23. The van der Waals surface area contributed by atoms with Crippen molar-refractivity contribution >= 4 is 5.91 Å². The third-order valence-electron chi connectivity index (χ3n) is 4.35. The highest BCUT2D eigenvalue weighted by Crippen LogP contribution is 2.25. The van der Waals surface area contributed by atoms with Gasteiger partial charge >= 0.3 is 0 Å². The number of nitrogens with zero attached hydrogens (tertiary/aromatic N) is 1. The maximum Gasteiger partial charge on any atom is 0.222 e. The van der Waals surface area contributed by atoms with Crippen LogP contribution < -0.4 is 5.73 Å². The fraction of sp³-hybridized carbons (Fsp3) is 0.933. The number of carbonyl (C=O) groups excluding carboxylic acids is 1. The molecule has 1 rings (SSSR count). The SMILES string of the molecule is CC(CCN)CCC(=O)N1CCC(C(C)C)CC1. The molecule has 1 aliphatic heterocycles. The molecule has 1 amide bonds. The number of nitrogens with two attached hydrogens (primary N) is 1. The van der Waals surface area contributed by atoms with Crippen LogP contribution >= 0.6 is 0 Å². The van der Waals surface area contributed by atoms with Crippen molar-refractivity contribution in [2.45, 2.75) is 52.9 Å². The Kier molecular flexibility index (Phi) is 6.69. The minimum Gasteiger partial charge on any atom is -0.343 e. The highest BCUT2D eigenvalue weighted by Gasteiger charge is 2.24. The van der Waals surface area contributed by atoms with Gasteiger partial charge in [-0.15, -0.1) is 0 Å². The molecule has 0 aromatic carbocycles. The Morgan fingerprint density at radius 3 is 2.33 bits per heavy atom. The van der Waals surface area contributed by atoms with Crippen molar-refractivity contribution in [1.29, 1.82) is 0 Å². The van der Waals surface area contributed by atoms with Crippen LogP contribution in [0.4, 0.5) is 0 Å². The number of amides is 1. The first-order chi connectivity index (χ1) is 8.54. The first kappa shape index (κ1) is 15.5. The molecule has 0 aliphatic carbocycles. The zero-order valence-electron chi connectivity index (χ0n) is 12.3. The number of carbonyl (C=O) groups is 1. The normalized spacial score (nSPS) is 19.3. The topological polar surface area (TPSA) is 46.3 Å². The molecule has 3 heteroatoms. The quantitative estimate of drug-likeness (QED) is 0.792. The second-order valence-electron chi connectivity index (χ2n) is 6.18. The Morgan fingerprint density at radius 1 is 1.22 bits per heavy atom. The molecule has 0 saturated carbocycles. The molecule has 1 unspecified atom stereocenters. The van der Waals surface area contributed by atoms with Gasteiger partial charge in [-0.2, -0.15) is 0 Å². The maximum atomic E-state index is 12.1. The van der Waals surface area contributed by atoms with E-state index in [0.717, 1.165) is 44.3 Å². The van der Waals surface area contributed by atoms with Crippen LogP contribution in [-0.4, -0.2) is 30.4 Å². The van der Waals surface area contributed by atoms with Crippen molar-refractivity contribution in [3.63, 3.8) is 0 Å². The van der Waals surface area contributed by atoms with Crippen LogP contribution in [-0.2, 0) is 4.79 Å². The van der Waals surface area contributed by atoms with Crippen molar-refractivity contribution in [2.75, 3.05) is 19.6 Å². The van der Waals surface area contributed by atoms with Crippen molar-refractivity contribution in [3.05, 3.63) is 0 Å². The lowest BCUT2D eigenvalue weighted by atomic mass is 9.86. The van der Waals surface area contributed by atoms with E-state index in [1.165, 1.54) is 12.8 Å². The maximum absolute atomic E-state index is 12.1. The van der Waals surface area contributed by atoms with Gasteiger partial charge in [-0.05, 0) is 50.0 Å². The lowest BCUT2D eigenvalue weighted by Gasteiger charge is -2.34. The first-order valence-electron chi connectivity index (χ1n) is 7.52. The lowest BCUT2D eigenvalue weighted by molar-refractivity contribution is -0.133. The molecule has 18 heavy (non-hydrogen) atoms. The van der Waals surface area contributed by atoms with Gasteiger partial charge in [0.2, 0.25) is 5.91 Å². The average molecular weight is 254 g/mol. The Hall–Kier alpha value is -0.570. The third kappa shape index (κ3) is 4.97. The summed E-state index contributed by atoms with van der Waals surface area (Å²) in [5.74, 6) is 2.49. The largest absolute Gasteiger partial charge is 0.343 e. The molecule has 1 heterocycles. The number of hydrogen-bond donors (Lipinski definition) is 1. The fourth-order valence-electron chi connectivity index (χ4n) is 2.77. The molecular weight excluding hydrogens is 224 g/mol. The monoisotopic (exact) mass is 254 g/mol. The number of likely N-dealkylation sites (tertiary alicyclic amines) is 1. The number of piperidine rings is 1. The molecule has 0 radical (unpaired) electrons. The summed E-state index contributed by atoms with van der Waals surface area (Å²) in [7, 11) is 0. The molecule has 0 spiro atoms. The summed E-state index contributed by atoms with van der Waals surface area (Å²) < 4.78 is 0. The summed E-state index contributed by atoms with van der Waals surface area (Å²) in [4.78, 5) is 14.1. The van der Waals surface area contributed by atoms with Gasteiger partial charge in [-0.25, -0.2) is 0 Å². The van der Waals surface area contributed by atoms with Gasteiger partial charge in [-0.3, -0.25) is 4.79 Å². The minimum atomic E-state index is 0.348. The first-order valence-corrected chi connectivity index (χ1v) is 7.52. The van der Waals surface area contributed by atoms with E-state index >= 15 is 0 Å². The summed E-state index contributed by atoms with van der Waals surface area (Å²) in [5.41, 5.74) is 5.53. The van der Waals surface area contributed by atoms with Gasteiger partial charge in [0.1, 0.15) is 0 Å². The number of hydrogen-bond acceptors (Lipinski definition) is 2. The Bertz CT molecular complexity index is 245. The molecule has 2 N–H and O–H groups in total. The van der Waals surface area contributed by atoms with Crippen molar-refractivity contribution in [2.24, 2.45) is 23.5 Å². The highest BCUT2D eigenvalue weighted by molar-refractivity contribution is 5.76. The van der Waals surface area contributed by atoms with Crippen LogP contribution in [0, 0.1) is 17.8 Å². The standard InChI is InChI=1S/C15H30N2O/c1-12(2)14-7-10-17(11-8-14)15(18)5-4-13(3)6-9-16/h12-14H,4-11,16H2,1-3H3. The van der Waals surface area contributed by atoms with Gasteiger partial charge in [0.15, 0.2) is 0 Å². The van der Waals surface area contributed by atoms with E-state index < -0.39 is 0 Å². The van der Waals surface area contributed by atoms with Crippen LogP contribution in [0.25, 0.3) is 0 Å². The smallest absolute Gasteiger partial charge is 0.222 e. The van der Waals surface area contributed by atoms with Crippen LogP contribution in [0.3, 0.4) is 0 Å². The summed E-state index contributed by atoms with van der Waals surface area (Å²) in [6.07, 6.45) is 5.08. The molecule has 0 aromatic heterocycles. The van der Waals surface area contributed by atoms with E-state index in [1.54, 1.807) is 0 Å². The third-order valence-corrected chi connectivity index (χ3v) is 4.35. The molecule has 3 nitrogen and oxygen atoms in total. The van der Waals surface area contributed by atoms with Crippen LogP contribution in [0.1, 0.15) is 52.9 Å². The second-order valence-corrected chi connectivity index (χ2v) is 6.18. The van der Waals surface area contributed by atoms with Gasteiger partial charge in [0.05, 0.1) is 0 Å². The van der Waals surface area contributed by atoms with E-state index in [4.69, 9.17) is 5.73 Å². The average Bonchev–Trinajstić information content (AvgIpc) is 2.36. The lowest BCUT2D eigenvalue weighted by Crippen LogP contribution is -2.39. The molecule has 0 bridgehead atoms. The predicted octanol–water partition coefficient (Wildman–Crippen LogP) is 2.65. The zero-order valence-corrected chi connectivity index (χ0v) is 12.3. The van der Waals surface area contributed by atoms with Gasteiger partial charge in [0, 0.05) is 19.5 Å². The predicted molar refractivity (Wildman–Crippen MR) is 76.2 cm³/mol. The molecule has 1 saturated heterocycles. The number of rotatable bonds is 6. The van der Waals surface area contributed by atoms with Gasteiger partial charge in [0.25, 0.3) is 0 Å². The minimum absolute atomic E-state index is 0.348. The van der Waals surface area contributed by atoms with Gasteiger partial charge < -0.3 is 10.6 Å². The van der Waals surface area contributed by atoms with Crippen molar-refractivity contribution in [3.8, 4) is 0 Å². The van der Waals surface area contributed by atoms with E-state index in [1.807, 2.05) is 0 Å². The van der Waals surface area contributed by atoms with Crippen molar-refractivity contribution < 1.29 is 4.79 Å². The van der Waals surface area contributed by atoms with Crippen molar-refractivity contribution in [1.82, 2.24) is 4.90 Å². The molecule has 1 fully saturated rings. The van der Waals surface area contributed by atoms with E-state index in [9.17, 15) is 4.79 Å². The Labute approximate surface area is 112 Å². The summed E-state index contributed by atoms with van der Waals surface area (Å²) >= 11 is 0. The summed E-state index contributed by atoms with van der Waals surface area (Å²) in [5, 5.41) is 0. The fourth-order valence-corrected chi connectivity index (χ4v) is 2.77. The van der Waals surface area contributed by atoms with Crippen LogP contribution in [0.2, 0.25) is 0 Å². The molecular formula is C15H30N2O. The highest BCUT2D eigenvalue weighted by atomic mass is 16.2. The Morgan fingerprint density at radius 2 is 1.83 bits per heavy atom. The van der Waals surface area contributed by atoms with Crippen LogP contribution in [0.15, 0.2) is 0 Å². The van der Waals surface area contributed by atoms with E-state index in [2.05, 4.69) is 25.7 Å².